The molecule has 0 unspecified atom stereocenters. The molecule has 1 aliphatic carbocycles. The lowest BCUT2D eigenvalue weighted by Gasteiger charge is -2.15. The van der Waals surface area contributed by atoms with Gasteiger partial charge in [-0.3, -0.25) is 0 Å². The molecule has 3 aromatic heterocycles. The van der Waals surface area contributed by atoms with E-state index in [1.54, 1.807) is 0 Å². The summed E-state index contributed by atoms with van der Waals surface area (Å²) < 4.78 is 4.84. The highest BCUT2D eigenvalue weighted by atomic mass is 15.0. The molecule has 0 atom stereocenters. The molecule has 0 N–H and O–H groups in total. The summed E-state index contributed by atoms with van der Waals surface area (Å²) in [7, 11) is 0. The molecule has 1 aliphatic rings. The summed E-state index contributed by atoms with van der Waals surface area (Å²) in [5.74, 6) is 1.90. The van der Waals surface area contributed by atoms with Crippen LogP contribution in [0, 0.1) is 0 Å². The first-order chi connectivity index (χ1) is 45.6. The van der Waals surface area contributed by atoms with Crippen LogP contribution in [0.1, 0.15) is 18.4 Å². The SMILES string of the molecule is C1=CCCC(c2cc(-c3ccccc3)cc(-c3ccc4c(c3)c3cc(-c5cc(-c6ccccc6)cc(-c6ccccc6)c5)ccc3n4-c3ccc(-c4ccc5c6ccccc6n(-c6ccc(-c7nc(-c8ccccc8)nc(-c8ccccc8)n7)cc6)c5c4)cc3)c2)=C1. The van der Waals surface area contributed by atoms with Gasteiger partial charge >= 0.3 is 0 Å². The highest BCUT2D eigenvalue weighted by Crippen LogP contribution is 2.43. The fourth-order valence-corrected chi connectivity index (χ4v) is 13.6. The van der Waals surface area contributed by atoms with Gasteiger partial charge < -0.3 is 9.13 Å². The number of fused-ring (bicyclic) bond motifs is 6. The number of hydrogen-bond acceptors (Lipinski definition) is 3. The minimum Gasteiger partial charge on any atom is -0.309 e. The monoisotopic (exact) mass is 1170 g/mol. The smallest absolute Gasteiger partial charge is 0.164 e. The Labute approximate surface area is 534 Å². The molecule has 432 valence electrons. The molecule has 0 saturated heterocycles. The maximum absolute atomic E-state index is 5.04. The molecular formula is C87H59N5. The molecule has 16 aromatic rings. The van der Waals surface area contributed by atoms with Gasteiger partial charge in [-0.2, -0.15) is 0 Å². The third kappa shape index (κ3) is 10.1. The van der Waals surface area contributed by atoms with E-state index in [2.05, 4.69) is 282 Å². The first-order valence-electron chi connectivity index (χ1n) is 31.6. The van der Waals surface area contributed by atoms with Crippen LogP contribution in [0.25, 0.3) is 161 Å². The Bertz CT molecular complexity index is 5400. The Morgan fingerprint density at radius 2 is 0.565 bits per heavy atom. The standard InChI is InChI=1S/C87H59N5/c1-7-21-58(22-8-1)69-49-70(59-23-9-2-10-24-59)52-73(51-69)66-40-47-82-79(55-66)80-56-67(74-53-71(60-25-11-3-12-26-60)50-72(54-74)61-27-13-4-14-28-61)41-48-83(80)91(82)75-42-35-62(36-43-75)68-39-46-78-77-33-19-20-34-81(77)92(84(78)57-68)76-44-37-65(38-45-76)87-89-85(63-29-15-5-16-30-63)88-86(90-87)64-31-17-6-18-32-64/h1-13,15-27,29-57H,14,28H2. The van der Waals surface area contributed by atoms with Gasteiger partial charge in [0.25, 0.3) is 0 Å². The topological polar surface area (TPSA) is 48.5 Å². The summed E-state index contributed by atoms with van der Waals surface area (Å²) in [6.45, 7) is 0. The van der Waals surface area contributed by atoms with E-state index < -0.39 is 0 Å². The number of benzene rings is 13. The van der Waals surface area contributed by atoms with Crippen LogP contribution in [0.5, 0.6) is 0 Å². The van der Waals surface area contributed by atoms with Crippen molar-refractivity contribution < 1.29 is 0 Å². The predicted molar refractivity (Wildman–Crippen MR) is 384 cm³/mol. The molecule has 5 heteroatoms. The number of para-hydroxylation sites is 1. The summed E-state index contributed by atoms with van der Waals surface area (Å²) in [5, 5.41) is 4.79. The maximum atomic E-state index is 5.04. The van der Waals surface area contributed by atoms with Crippen molar-refractivity contribution >= 4 is 49.2 Å². The first-order valence-corrected chi connectivity index (χ1v) is 31.6. The first kappa shape index (κ1) is 54.1. The van der Waals surface area contributed by atoms with Crippen LogP contribution in [0.4, 0.5) is 0 Å². The van der Waals surface area contributed by atoms with Crippen LogP contribution < -0.4 is 0 Å². The van der Waals surface area contributed by atoms with Gasteiger partial charge in [0.2, 0.25) is 0 Å². The Morgan fingerprint density at radius 1 is 0.228 bits per heavy atom. The van der Waals surface area contributed by atoms with Crippen molar-refractivity contribution in [3.8, 4) is 112 Å². The lowest BCUT2D eigenvalue weighted by molar-refractivity contribution is 1.05. The Kier molecular flexibility index (Phi) is 13.6. The lowest BCUT2D eigenvalue weighted by atomic mass is 9.90. The third-order valence-corrected chi connectivity index (χ3v) is 18.2. The molecule has 0 fully saturated rings. The van der Waals surface area contributed by atoms with Crippen molar-refractivity contribution in [2.45, 2.75) is 12.8 Å². The number of aromatic nitrogens is 5. The molecule has 0 saturated carbocycles. The molecule has 92 heavy (non-hydrogen) atoms. The van der Waals surface area contributed by atoms with Gasteiger partial charge in [0.1, 0.15) is 0 Å². The van der Waals surface area contributed by atoms with E-state index >= 15 is 0 Å². The Hall–Kier alpha value is -12.1. The predicted octanol–water partition coefficient (Wildman–Crippen LogP) is 22.8. The van der Waals surface area contributed by atoms with Gasteiger partial charge in [-0.25, -0.2) is 15.0 Å². The van der Waals surface area contributed by atoms with Crippen LogP contribution in [-0.4, -0.2) is 24.1 Å². The van der Waals surface area contributed by atoms with Crippen molar-refractivity contribution in [2.24, 2.45) is 0 Å². The van der Waals surface area contributed by atoms with Crippen molar-refractivity contribution in [2.75, 3.05) is 0 Å². The van der Waals surface area contributed by atoms with E-state index in [4.69, 9.17) is 15.0 Å². The quantitative estimate of drug-likeness (QED) is 0.122. The lowest BCUT2D eigenvalue weighted by Crippen LogP contribution is -2.00. The van der Waals surface area contributed by atoms with Crippen LogP contribution >= 0.6 is 0 Å². The van der Waals surface area contributed by atoms with Gasteiger partial charge in [-0.1, -0.05) is 224 Å². The summed E-state index contributed by atoms with van der Waals surface area (Å²) in [5.41, 5.74) is 26.3. The molecule has 13 aromatic carbocycles. The second-order valence-corrected chi connectivity index (χ2v) is 23.9. The average molecular weight is 1170 g/mol. The molecule has 0 bridgehead atoms. The fraction of sp³-hybridized carbons (Fsp3) is 0.0230. The van der Waals surface area contributed by atoms with E-state index in [9.17, 15) is 0 Å². The summed E-state index contributed by atoms with van der Waals surface area (Å²) in [6.07, 6.45) is 8.83. The van der Waals surface area contributed by atoms with Crippen LogP contribution in [0.2, 0.25) is 0 Å². The molecule has 0 amide bonds. The van der Waals surface area contributed by atoms with E-state index in [-0.39, 0.29) is 0 Å². The molecule has 0 radical (unpaired) electrons. The highest BCUT2D eigenvalue weighted by Gasteiger charge is 2.20. The van der Waals surface area contributed by atoms with Gasteiger partial charge in [0, 0.05) is 49.6 Å². The van der Waals surface area contributed by atoms with Gasteiger partial charge in [-0.15, -0.1) is 0 Å². The zero-order valence-electron chi connectivity index (χ0n) is 50.4. The number of allylic oxidation sites excluding steroid dienone is 4. The number of nitrogens with zero attached hydrogens (tertiary/aromatic N) is 5. The summed E-state index contributed by atoms with van der Waals surface area (Å²) in [4.78, 5) is 15.0. The van der Waals surface area contributed by atoms with E-state index in [1.165, 1.54) is 88.3 Å². The van der Waals surface area contributed by atoms with E-state index in [0.717, 1.165) is 74.1 Å². The molecule has 5 nitrogen and oxygen atoms in total. The van der Waals surface area contributed by atoms with E-state index in [0.29, 0.717) is 17.5 Å². The van der Waals surface area contributed by atoms with Gasteiger partial charge in [0.15, 0.2) is 17.5 Å². The average Bonchev–Trinajstić information content (AvgIpc) is 1.60. The normalized spacial score (nSPS) is 12.3. The second kappa shape index (κ2) is 23.2. The van der Waals surface area contributed by atoms with Crippen LogP contribution in [0.15, 0.2) is 334 Å². The molecule has 0 spiro atoms. The van der Waals surface area contributed by atoms with E-state index in [1.807, 2.05) is 60.7 Å². The molecule has 3 heterocycles. The van der Waals surface area contributed by atoms with Crippen molar-refractivity contribution in [1.82, 2.24) is 24.1 Å². The third-order valence-electron chi connectivity index (χ3n) is 18.2. The Balaban J connectivity index is 0.777. The van der Waals surface area contributed by atoms with Gasteiger partial charge in [0.05, 0.1) is 22.1 Å². The minimum atomic E-state index is 0.625. The minimum absolute atomic E-state index is 0.625. The van der Waals surface area contributed by atoms with Crippen LogP contribution in [-0.2, 0) is 0 Å². The van der Waals surface area contributed by atoms with Crippen LogP contribution in [0.3, 0.4) is 0 Å². The highest BCUT2D eigenvalue weighted by molar-refractivity contribution is 6.13. The number of hydrogen-bond donors (Lipinski definition) is 0. The molecule has 17 rings (SSSR count). The zero-order valence-corrected chi connectivity index (χ0v) is 50.4. The van der Waals surface area contributed by atoms with Crippen molar-refractivity contribution in [3.63, 3.8) is 0 Å². The second-order valence-electron chi connectivity index (χ2n) is 23.9. The van der Waals surface area contributed by atoms with Crippen molar-refractivity contribution in [1.29, 1.82) is 0 Å². The number of rotatable bonds is 12. The summed E-state index contributed by atoms with van der Waals surface area (Å²) in [6, 6.07) is 114. The zero-order chi connectivity index (χ0) is 60.9. The summed E-state index contributed by atoms with van der Waals surface area (Å²) >= 11 is 0. The maximum Gasteiger partial charge on any atom is 0.164 e. The molecule has 0 aliphatic heterocycles. The van der Waals surface area contributed by atoms with Gasteiger partial charge in [-0.05, 0) is 200 Å². The Morgan fingerprint density at radius 3 is 1.03 bits per heavy atom. The largest absolute Gasteiger partial charge is 0.309 e. The van der Waals surface area contributed by atoms with Crippen molar-refractivity contribution in [3.05, 3.63) is 339 Å². The molecular weight excluding hydrogens is 1110 g/mol. The fourth-order valence-electron chi connectivity index (χ4n) is 13.6.